The molecule has 260 valence electrons. The Morgan fingerprint density at radius 1 is 1.10 bits per heavy atom. The molecule has 2 bridgehead atoms. The SMILES string of the molecule is Cc1nc2c(F)c(-c3cccc(Cl)c3Cl)c(CCC#N)cc2c2c1cc(C1CC(Oc3ccccc3F)CN1C(=O)C1CC1)n2C1C2CNC1C2. The molecule has 5 aromatic rings. The fraction of sp³-hybridized carbons (Fsp3) is 0.375. The van der Waals surface area contributed by atoms with E-state index in [1.54, 1.807) is 36.4 Å². The Morgan fingerprint density at radius 2 is 1.92 bits per heavy atom. The zero-order chi connectivity index (χ0) is 35.1. The molecule has 11 heteroatoms. The molecule has 3 aromatic carbocycles. The molecule has 5 unspecified atom stereocenters. The zero-order valence-electron chi connectivity index (χ0n) is 27.9. The largest absolute Gasteiger partial charge is 0.485 e. The van der Waals surface area contributed by atoms with Crippen LogP contribution < -0.4 is 10.1 Å². The number of pyridine rings is 1. The number of ether oxygens (including phenoxy) is 1. The number of halogens is 4. The van der Waals surface area contributed by atoms with Crippen LogP contribution in [0.15, 0.2) is 54.6 Å². The number of aryl methyl sites for hydroxylation is 2. The van der Waals surface area contributed by atoms with Crippen molar-refractivity contribution in [2.75, 3.05) is 13.1 Å². The van der Waals surface area contributed by atoms with Crippen LogP contribution in [-0.4, -0.2) is 45.6 Å². The number of aromatic nitrogens is 2. The number of nitrogens with zero attached hydrogens (tertiary/aromatic N) is 4. The number of carbonyl (C=O) groups is 1. The van der Waals surface area contributed by atoms with Crippen LogP contribution in [0.2, 0.25) is 10.0 Å². The first-order valence-corrected chi connectivity index (χ1v) is 18.4. The number of amides is 1. The zero-order valence-corrected chi connectivity index (χ0v) is 29.4. The Kier molecular flexibility index (Phi) is 7.99. The smallest absolute Gasteiger partial charge is 0.226 e. The molecule has 2 aliphatic carbocycles. The normalized spacial score (nSPS) is 23.9. The molecule has 1 N–H and O–H groups in total. The standard InChI is InChI=1S/C40H35Cl2F2N5O2/c1-20-26-17-32(31-16-24(19-48(31)40(50)21-11-12-21)51-33-10-3-2-9-29(33)43)49(38-23-15-30(38)46-18-23)39(26)27-14-22(6-5-13-45)34(36(44)37(27)47-20)25-7-4-8-28(41)35(25)42/h2-4,7-10,14,17,21,23-24,30-31,38,46H,5-6,11-12,15-16,18-19H2,1H3. The number of para-hydroxylation sites is 1. The van der Waals surface area contributed by atoms with E-state index in [9.17, 15) is 14.4 Å². The Labute approximate surface area is 304 Å². The van der Waals surface area contributed by atoms with Crippen LogP contribution in [-0.2, 0) is 11.2 Å². The van der Waals surface area contributed by atoms with E-state index in [1.165, 1.54) is 6.07 Å². The van der Waals surface area contributed by atoms with Crippen molar-refractivity contribution in [2.24, 2.45) is 11.8 Å². The third kappa shape index (κ3) is 5.29. The van der Waals surface area contributed by atoms with E-state index in [2.05, 4.69) is 22.0 Å². The van der Waals surface area contributed by atoms with Gasteiger partial charge in [-0.25, -0.2) is 13.8 Å². The summed E-state index contributed by atoms with van der Waals surface area (Å²) >= 11 is 13.1. The van der Waals surface area contributed by atoms with Gasteiger partial charge in [0.2, 0.25) is 5.91 Å². The number of nitrogens with one attached hydrogen (secondary N) is 1. The molecule has 10 rings (SSSR count). The van der Waals surface area contributed by atoms with Crippen LogP contribution in [0.5, 0.6) is 5.75 Å². The van der Waals surface area contributed by atoms with Crippen molar-refractivity contribution in [1.29, 1.82) is 5.26 Å². The summed E-state index contributed by atoms with van der Waals surface area (Å²) in [6.45, 7) is 3.12. The summed E-state index contributed by atoms with van der Waals surface area (Å²) in [5.41, 5.74) is 4.11. The maximum absolute atomic E-state index is 17.2. The van der Waals surface area contributed by atoms with E-state index in [4.69, 9.17) is 32.9 Å². The molecule has 2 aromatic heterocycles. The van der Waals surface area contributed by atoms with Crippen molar-refractivity contribution >= 4 is 50.9 Å². The topological polar surface area (TPSA) is 83.2 Å². The highest BCUT2D eigenvalue weighted by Crippen LogP contribution is 2.51. The molecule has 2 saturated carbocycles. The summed E-state index contributed by atoms with van der Waals surface area (Å²) in [4.78, 5) is 20.8. The van der Waals surface area contributed by atoms with Gasteiger partial charge >= 0.3 is 0 Å². The van der Waals surface area contributed by atoms with Crippen LogP contribution in [0.3, 0.4) is 0 Å². The Hall–Kier alpha value is -4.23. The Morgan fingerprint density at radius 3 is 2.65 bits per heavy atom. The maximum Gasteiger partial charge on any atom is 0.226 e. The third-order valence-electron chi connectivity index (χ3n) is 11.4. The Balaban J connectivity index is 1.26. The minimum absolute atomic E-state index is 0.0168. The van der Waals surface area contributed by atoms with Crippen LogP contribution in [0.1, 0.15) is 61.1 Å². The van der Waals surface area contributed by atoms with Gasteiger partial charge in [0.15, 0.2) is 17.4 Å². The van der Waals surface area contributed by atoms with Crippen molar-refractivity contribution in [3.63, 3.8) is 0 Å². The first-order chi connectivity index (χ1) is 24.7. The highest BCUT2D eigenvalue weighted by molar-refractivity contribution is 6.43. The number of carbonyl (C=O) groups excluding carboxylic acids is 1. The molecule has 1 amide bonds. The fourth-order valence-electron chi connectivity index (χ4n) is 8.79. The van der Waals surface area contributed by atoms with Crippen LogP contribution in [0.4, 0.5) is 8.78 Å². The second-order valence-electron chi connectivity index (χ2n) is 14.5. The predicted molar refractivity (Wildman–Crippen MR) is 193 cm³/mol. The molecule has 7 nitrogen and oxygen atoms in total. The summed E-state index contributed by atoms with van der Waals surface area (Å²) in [6.07, 6.45) is 3.33. The second-order valence-corrected chi connectivity index (χ2v) is 15.3. The molecule has 3 saturated heterocycles. The van der Waals surface area contributed by atoms with Gasteiger partial charge in [-0.2, -0.15) is 5.26 Å². The molecular weight excluding hydrogens is 691 g/mol. The van der Waals surface area contributed by atoms with Crippen LogP contribution in [0, 0.1) is 41.7 Å². The quantitative estimate of drug-likeness (QED) is 0.173. The van der Waals surface area contributed by atoms with E-state index >= 15 is 4.39 Å². The van der Waals surface area contributed by atoms with Gasteiger partial charge in [-0.15, -0.1) is 0 Å². The van der Waals surface area contributed by atoms with E-state index in [0.29, 0.717) is 58.1 Å². The summed E-state index contributed by atoms with van der Waals surface area (Å²) in [5.74, 6) is -0.322. The fourth-order valence-corrected chi connectivity index (χ4v) is 9.19. The highest BCUT2D eigenvalue weighted by atomic mass is 35.5. The van der Waals surface area contributed by atoms with Gasteiger partial charge in [0.05, 0.1) is 40.3 Å². The van der Waals surface area contributed by atoms with Gasteiger partial charge in [0, 0.05) is 64.6 Å². The number of fused-ring (bicyclic) bond motifs is 4. The first-order valence-electron chi connectivity index (χ1n) is 17.7. The Bertz CT molecular complexity index is 2290. The lowest BCUT2D eigenvalue weighted by atomic mass is 9.79. The lowest BCUT2D eigenvalue weighted by molar-refractivity contribution is -0.133. The summed E-state index contributed by atoms with van der Waals surface area (Å²) in [7, 11) is 0. The number of likely N-dealkylation sites (tertiary alicyclic amines) is 1. The van der Waals surface area contributed by atoms with Gasteiger partial charge in [-0.1, -0.05) is 47.5 Å². The minimum atomic E-state index is -0.511. The molecular formula is C40H35Cl2F2N5O2. The van der Waals surface area contributed by atoms with E-state index in [-0.39, 0.29) is 52.7 Å². The molecule has 5 heterocycles. The van der Waals surface area contributed by atoms with E-state index in [0.717, 1.165) is 42.4 Å². The number of hydrogen-bond acceptors (Lipinski definition) is 5. The van der Waals surface area contributed by atoms with E-state index in [1.807, 2.05) is 17.9 Å². The van der Waals surface area contributed by atoms with Gasteiger partial charge in [0.25, 0.3) is 0 Å². The number of benzene rings is 3. The molecule has 5 fully saturated rings. The average molecular weight is 727 g/mol. The van der Waals surface area contributed by atoms with Crippen LogP contribution in [0.25, 0.3) is 32.9 Å². The molecule has 3 aliphatic heterocycles. The van der Waals surface area contributed by atoms with Gasteiger partial charge < -0.3 is 19.5 Å². The number of rotatable bonds is 8. The summed E-state index contributed by atoms with van der Waals surface area (Å²) < 4.78 is 40.5. The van der Waals surface area contributed by atoms with E-state index < -0.39 is 17.7 Å². The third-order valence-corrected chi connectivity index (χ3v) is 12.2. The summed E-state index contributed by atoms with van der Waals surface area (Å²) in [5, 5.41) is 15.3. The highest BCUT2D eigenvalue weighted by Gasteiger charge is 2.51. The molecule has 0 spiro atoms. The molecule has 51 heavy (non-hydrogen) atoms. The maximum atomic E-state index is 17.2. The lowest BCUT2D eigenvalue weighted by Crippen LogP contribution is -2.41. The van der Waals surface area contributed by atoms with Gasteiger partial charge in [-0.05, 0) is 74.4 Å². The van der Waals surface area contributed by atoms with Crippen molar-refractivity contribution in [3.05, 3.63) is 93.2 Å². The summed E-state index contributed by atoms with van der Waals surface area (Å²) in [6, 6.07) is 17.8. The van der Waals surface area contributed by atoms with Gasteiger partial charge in [-0.3, -0.25) is 4.79 Å². The minimum Gasteiger partial charge on any atom is -0.485 e. The van der Waals surface area contributed by atoms with Crippen molar-refractivity contribution < 1.29 is 18.3 Å². The number of hydrogen-bond donors (Lipinski definition) is 1. The molecule has 5 atom stereocenters. The van der Waals surface area contributed by atoms with Crippen molar-refractivity contribution in [2.45, 2.75) is 69.7 Å². The monoisotopic (exact) mass is 725 g/mol. The first kappa shape index (κ1) is 32.7. The van der Waals surface area contributed by atoms with Crippen molar-refractivity contribution in [3.8, 4) is 22.9 Å². The number of nitriles is 1. The molecule has 5 aliphatic rings. The lowest BCUT2D eigenvalue weighted by Gasteiger charge is -2.39. The molecule has 0 radical (unpaired) electrons. The van der Waals surface area contributed by atoms with Crippen molar-refractivity contribution in [1.82, 2.24) is 19.8 Å². The van der Waals surface area contributed by atoms with Gasteiger partial charge in [0.1, 0.15) is 11.6 Å². The second kappa shape index (κ2) is 12.5. The predicted octanol–water partition coefficient (Wildman–Crippen LogP) is 8.87. The van der Waals surface area contributed by atoms with Crippen LogP contribution >= 0.6 is 23.2 Å². The average Bonchev–Trinajstić information content (AvgIpc) is 3.40.